The van der Waals surface area contributed by atoms with Crippen LogP contribution < -0.4 is 5.32 Å². The van der Waals surface area contributed by atoms with E-state index in [1.54, 1.807) is 0 Å². The molecule has 0 spiro atoms. The molecule has 100 valence electrons. The normalized spacial score (nSPS) is 12.2. The second-order valence-electron chi connectivity index (χ2n) is 4.48. The molecular weight excluding hydrogens is 250 g/mol. The number of nitrogens with one attached hydrogen (secondary N) is 1. The van der Waals surface area contributed by atoms with E-state index in [0.29, 0.717) is 11.4 Å². The SMILES string of the molecule is CCc1sc(C(=O)NCC(C)CC(=O)O)cc1C. The van der Waals surface area contributed by atoms with E-state index >= 15 is 0 Å². The first kappa shape index (κ1) is 14.7. The van der Waals surface area contributed by atoms with Crippen molar-refractivity contribution in [1.82, 2.24) is 5.32 Å². The zero-order valence-corrected chi connectivity index (χ0v) is 11.8. The summed E-state index contributed by atoms with van der Waals surface area (Å²) in [5.41, 5.74) is 1.14. The quantitative estimate of drug-likeness (QED) is 0.833. The van der Waals surface area contributed by atoms with Crippen LogP contribution in [0.15, 0.2) is 6.07 Å². The van der Waals surface area contributed by atoms with Gasteiger partial charge < -0.3 is 10.4 Å². The number of aryl methyl sites for hydroxylation is 2. The van der Waals surface area contributed by atoms with E-state index in [9.17, 15) is 9.59 Å². The van der Waals surface area contributed by atoms with Crippen LogP contribution in [0.1, 0.15) is 40.4 Å². The summed E-state index contributed by atoms with van der Waals surface area (Å²) in [7, 11) is 0. The largest absolute Gasteiger partial charge is 0.481 e. The molecule has 4 nitrogen and oxygen atoms in total. The van der Waals surface area contributed by atoms with Crippen molar-refractivity contribution >= 4 is 23.2 Å². The van der Waals surface area contributed by atoms with Crippen LogP contribution in [0.3, 0.4) is 0 Å². The van der Waals surface area contributed by atoms with E-state index in [1.807, 2.05) is 19.9 Å². The molecule has 5 heteroatoms. The second-order valence-corrected chi connectivity index (χ2v) is 5.62. The summed E-state index contributed by atoms with van der Waals surface area (Å²) < 4.78 is 0. The molecule has 0 bridgehead atoms. The van der Waals surface area contributed by atoms with Crippen LogP contribution in [0.25, 0.3) is 0 Å². The fourth-order valence-electron chi connectivity index (χ4n) is 1.71. The number of carboxylic acids is 1. The van der Waals surface area contributed by atoms with E-state index in [2.05, 4.69) is 12.2 Å². The van der Waals surface area contributed by atoms with E-state index in [1.165, 1.54) is 16.2 Å². The molecule has 0 aliphatic heterocycles. The van der Waals surface area contributed by atoms with Gasteiger partial charge >= 0.3 is 5.97 Å². The third kappa shape index (κ3) is 4.14. The number of amides is 1. The highest BCUT2D eigenvalue weighted by Gasteiger charge is 2.13. The minimum Gasteiger partial charge on any atom is -0.481 e. The first-order chi connectivity index (χ1) is 8.43. The molecule has 0 saturated carbocycles. The van der Waals surface area contributed by atoms with Gasteiger partial charge in [0.1, 0.15) is 0 Å². The van der Waals surface area contributed by atoms with Gasteiger partial charge in [0.25, 0.3) is 5.91 Å². The highest BCUT2D eigenvalue weighted by molar-refractivity contribution is 7.14. The lowest BCUT2D eigenvalue weighted by molar-refractivity contribution is -0.137. The van der Waals surface area contributed by atoms with Crippen LogP contribution in [0.4, 0.5) is 0 Å². The lowest BCUT2D eigenvalue weighted by atomic mass is 10.1. The fourth-order valence-corrected chi connectivity index (χ4v) is 2.74. The van der Waals surface area contributed by atoms with Crippen LogP contribution in [0.5, 0.6) is 0 Å². The van der Waals surface area contributed by atoms with Gasteiger partial charge in [-0.1, -0.05) is 13.8 Å². The summed E-state index contributed by atoms with van der Waals surface area (Å²) >= 11 is 1.50. The molecule has 1 atom stereocenters. The Morgan fingerprint density at radius 3 is 2.67 bits per heavy atom. The monoisotopic (exact) mass is 269 g/mol. The molecule has 0 aliphatic carbocycles. The minimum absolute atomic E-state index is 0.0573. The van der Waals surface area contributed by atoms with Gasteiger partial charge in [0.2, 0.25) is 0 Å². The first-order valence-electron chi connectivity index (χ1n) is 6.03. The van der Waals surface area contributed by atoms with Gasteiger partial charge in [0.15, 0.2) is 0 Å². The predicted octanol–water partition coefficient (Wildman–Crippen LogP) is 2.46. The number of hydrogen-bond donors (Lipinski definition) is 2. The molecule has 1 amide bonds. The summed E-state index contributed by atoms with van der Waals surface area (Å²) in [5, 5.41) is 11.4. The maximum atomic E-state index is 11.9. The lowest BCUT2D eigenvalue weighted by Crippen LogP contribution is -2.28. The van der Waals surface area contributed by atoms with E-state index in [-0.39, 0.29) is 18.2 Å². The van der Waals surface area contributed by atoms with Crippen LogP contribution in [0.2, 0.25) is 0 Å². The van der Waals surface area contributed by atoms with Crippen LogP contribution >= 0.6 is 11.3 Å². The van der Waals surface area contributed by atoms with Crippen molar-refractivity contribution in [3.63, 3.8) is 0 Å². The molecule has 0 aliphatic rings. The number of carbonyl (C=O) groups is 2. The van der Waals surface area contributed by atoms with Crippen molar-refractivity contribution in [1.29, 1.82) is 0 Å². The second kappa shape index (κ2) is 6.54. The zero-order valence-electron chi connectivity index (χ0n) is 10.9. The van der Waals surface area contributed by atoms with Gasteiger partial charge in [-0.15, -0.1) is 11.3 Å². The summed E-state index contributed by atoms with van der Waals surface area (Å²) in [5.74, 6) is -1.00. The van der Waals surface area contributed by atoms with Crippen LogP contribution in [0, 0.1) is 12.8 Å². The minimum atomic E-state index is -0.836. The van der Waals surface area contributed by atoms with Gasteiger partial charge in [0, 0.05) is 17.8 Å². The van der Waals surface area contributed by atoms with E-state index < -0.39 is 5.97 Å². The number of aliphatic carboxylic acids is 1. The Hall–Kier alpha value is -1.36. The lowest BCUT2D eigenvalue weighted by Gasteiger charge is -2.09. The number of rotatable bonds is 6. The van der Waals surface area contributed by atoms with Gasteiger partial charge in [-0.3, -0.25) is 9.59 Å². The Bertz CT molecular complexity index is 439. The highest BCUT2D eigenvalue weighted by Crippen LogP contribution is 2.22. The molecule has 0 radical (unpaired) electrons. The number of thiophene rings is 1. The average molecular weight is 269 g/mol. The molecule has 0 saturated heterocycles. The van der Waals surface area contributed by atoms with Gasteiger partial charge in [-0.2, -0.15) is 0 Å². The maximum absolute atomic E-state index is 11.9. The molecule has 1 rings (SSSR count). The van der Waals surface area contributed by atoms with Crippen LogP contribution in [-0.4, -0.2) is 23.5 Å². The molecular formula is C13H19NO3S. The topological polar surface area (TPSA) is 66.4 Å². The Morgan fingerprint density at radius 2 is 2.17 bits per heavy atom. The smallest absolute Gasteiger partial charge is 0.303 e. The molecule has 0 fully saturated rings. The zero-order chi connectivity index (χ0) is 13.7. The summed E-state index contributed by atoms with van der Waals surface area (Å²) in [6, 6.07) is 1.89. The van der Waals surface area contributed by atoms with E-state index in [4.69, 9.17) is 5.11 Å². The highest BCUT2D eigenvalue weighted by atomic mass is 32.1. The van der Waals surface area contributed by atoms with E-state index in [0.717, 1.165) is 12.0 Å². The number of carbonyl (C=O) groups excluding carboxylic acids is 1. The first-order valence-corrected chi connectivity index (χ1v) is 6.85. The Kier molecular flexibility index (Phi) is 5.34. The van der Waals surface area contributed by atoms with Crippen LogP contribution in [-0.2, 0) is 11.2 Å². The summed E-state index contributed by atoms with van der Waals surface area (Å²) in [6.07, 6.45) is 1.00. The van der Waals surface area contributed by atoms with Gasteiger partial charge in [-0.05, 0) is 30.9 Å². The van der Waals surface area contributed by atoms with Crippen molar-refractivity contribution in [2.75, 3.05) is 6.54 Å². The summed E-state index contributed by atoms with van der Waals surface area (Å²) in [4.78, 5) is 24.3. The molecule has 1 unspecified atom stereocenters. The number of carboxylic acid groups (broad SMARTS) is 1. The Morgan fingerprint density at radius 1 is 1.50 bits per heavy atom. The van der Waals surface area contributed by atoms with Crippen molar-refractivity contribution in [2.24, 2.45) is 5.92 Å². The van der Waals surface area contributed by atoms with Crippen molar-refractivity contribution in [2.45, 2.75) is 33.6 Å². The van der Waals surface area contributed by atoms with Gasteiger partial charge in [0.05, 0.1) is 4.88 Å². The molecule has 1 aromatic rings. The Labute approximate surface area is 111 Å². The van der Waals surface area contributed by atoms with Crippen molar-refractivity contribution < 1.29 is 14.7 Å². The standard InChI is InChI=1S/C13H19NO3S/c1-4-10-9(3)6-11(18-10)13(17)14-7-8(2)5-12(15)16/h6,8H,4-5,7H2,1-3H3,(H,14,17)(H,15,16). The Balaban J connectivity index is 2.52. The predicted molar refractivity (Wildman–Crippen MR) is 72.2 cm³/mol. The molecule has 1 heterocycles. The third-order valence-corrected chi connectivity index (χ3v) is 4.08. The van der Waals surface area contributed by atoms with Crippen molar-refractivity contribution in [3.8, 4) is 0 Å². The summed E-state index contributed by atoms with van der Waals surface area (Å²) in [6.45, 7) is 6.27. The molecule has 18 heavy (non-hydrogen) atoms. The average Bonchev–Trinajstić information content (AvgIpc) is 2.66. The van der Waals surface area contributed by atoms with Gasteiger partial charge in [-0.25, -0.2) is 0 Å². The maximum Gasteiger partial charge on any atom is 0.303 e. The molecule has 2 N–H and O–H groups in total. The molecule has 1 aromatic heterocycles. The number of hydrogen-bond acceptors (Lipinski definition) is 3. The third-order valence-electron chi connectivity index (χ3n) is 2.70. The fraction of sp³-hybridized carbons (Fsp3) is 0.538. The van der Waals surface area contributed by atoms with Crippen molar-refractivity contribution in [3.05, 3.63) is 21.4 Å². The molecule has 0 aromatic carbocycles.